The molecule has 0 unspecified atom stereocenters. The first kappa shape index (κ1) is 18.2. The van der Waals surface area contributed by atoms with E-state index in [9.17, 15) is 0 Å². The van der Waals surface area contributed by atoms with Crippen LogP contribution in [0.5, 0.6) is 5.88 Å². The predicted molar refractivity (Wildman–Crippen MR) is 90.7 cm³/mol. The molecule has 1 aromatic carbocycles. The fourth-order valence-electron chi connectivity index (χ4n) is 1.55. The Morgan fingerprint density at radius 3 is 2.77 bits per heavy atom. The highest BCUT2D eigenvalue weighted by atomic mass is 79.9. The van der Waals surface area contributed by atoms with Gasteiger partial charge in [-0.15, -0.1) is 0 Å². The summed E-state index contributed by atoms with van der Waals surface area (Å²) in [5.41, 5.74) is 3.81. The largest absolute Gasteiger partial charge is 0.473 e. The topological polar surface area (TPSA) is 89.3 Å². The molecule has 1 amide bonds. The summed E-state index contributed by atoms with van der Waals surface area (Å²) in [4.78, 5) is 13.0. The number of ether oxygens (including phenoxy) is 1. The van der Waals surface area contributed by atoms with E-state index >= 15 is 0 Å². The second-order valence-corrected chi connectivity index (χ2v) is 5.19. The molecule has 0 aliphatic heterocycles. The number of anilines is 1. The van der Waals surface area contributed by atoms with Crippen LogP contribution in [0.25, 0.3) is 0 Å². The molecule has 0 saturated heterocycles. The third-order valence-electron chi connectivity index (χ3n) is 2.52. The first-order valence-electron chi connectivity index (χ1n) is 6.21. The number of nitrogens with two attached hydrogens (primary N) is 1. The summed E-state index contributed by atoms with van der Waals surface area (Å²) in [7, 11) is 1.88. The number of benzene rings is 1. The van der Waals surface area contributed by atoms with Gasteiger partial charge in [0.25, 0.3) is 0 Å². The van der Waals surface area contributed by atoms with Crippen molar-refractivity contribution in [1.29, 1.82) is 0 Å². The molecule has 4 N–H and O–H groups in total. The SMILES string of the molecule is CNc1cccc(Br)c1COc1cc(Cl)ccn1.NNC=O. The highest BCUT2D eigenvalue weighted by Gasteiger charge is 2.07. The van der Waals surface area contributed by atoms with Crippen LogP contribution in [-0.2, 0) is 11.4 Å². The number of hydrazine groups is 1. The number of pyridine rings is 1. The van der Waals surface area contributed by atoms with Crippen molar-refractivity contribution in [2.75, 3.05) is 12.4 Å². The molecule has 0 bridgehead atoms. The molecule has 0 spiro atoms. The van der Waals surface area contributed by atoms with Gasteiger partial charge in [-0.3, -0.25) is 10.2 Å². The maximum atomic E-state index is 8.94. The van der Waals surface area contributed by atoms with Gasteiger partial charge in [0.1, 0.15) is 6.61 Å². The van der Waals surface area contributed by atoms with E-state index in [0.29, 0.717) is 23.9 Å². The smallest absolute Gasteiger partial charge is 0.221 e. The van der Waals surface area contributed by atoms with Crippen LogP contribution in [0.2, 0.25) is 5.02 Å². The summed E-state index contributed by atoms with van der Waals surface area (Å²) in [5, 5.41) is 3.74. The second-order valence-electron chi connectivity index (χ2n) is 3.90. The third kappa shape index (κ3) is 5.88. The summed E-state index contributed by atoms with van der Waals surface area (Å²) in [6, 6.07) is 9.35. The van der Waals surface area contributed by atoms with Gasteiger partial charge >= 0.3 is 0 Å². The van der Waals surface area contributed by atoms with Crippen molar-refractivity contribution in [3.05, 3.63) is 51.6 Å². The summed E-state index contributed by atoms with van der Waals surface area (Å²) in [6.07, 6.45) is 2.02. The number of hydrogen-bond donors (Lipinski definition) is 3. The van der Waals surface area contributed by atoms with Gasteiger partial charge in [-0.25, -0.2) is 10.8 Å². The van der Waals surface area contributed by atoms with E-state index in [2.05, 4.69) is 32.1 Å². The fourth-order valence-corrected chi connectivity index (χ4v) is 2.18. The lowest BCUT2D eigenvalue weighted by atomic mass is 10.2. The minimum Gasteiger partial charge on any atom is -0.473 e. The van der Waals surface area contributed by atoms with E-state index in [0.717, 1.165) is 15.7 Å². The van der Waals surface area contributed by atoms with E-state index in [-0.39, 0.29) is 0 Å². The zero-order valence-corrected chi connectivity index (χ0v) is 14.2. The lowest BCUT2D eigenvalue weighted by Gasteiger charge is -2.12. The van der Waals surface area contributed by atoms with Crippen LogP contribution in [0.15, 0.2) is 41.0 Å². The van der Waals surface area contributed by atoms with Crippen molar-refractivity contribution in [1.82, 2.24) is 10.4 Å². The van der Waals surface area contributed by atoms with Crippen molar-refractivity contribution in [3.8, 4) is 5.88 Å². The minimum atomic E-state index is 0.403. The maximum Gasteiger partial charge on any atom is 0.221 e. The molecule has 2 aromatic rings. The normalized spacial score (nSPS) is 9.27. The van der Waals surface area contributed by atoms with E-state index in [4.69, 9.17) is 21.1 Å². The van der Waals surface area contributed by atoms with Crippen LogP contribution in [-0.4, -0.2) is 18.4 Å². The average molecular weight is 388 g/mol. The number of hydrogen-bond acceptors (Lipinski definition) is 5. The maximum absolute atomic E-state index is 8.94. The Bertz CT molecular complexity index is 613. The Hall–Kier alpha value is -1.83. The molecule has 8 heteroatoms. The van der Waals surface area contributed by atoms with Crippen LogP contribution >= 0.6 is 27.5 Å². The molecule has 0 fully saturated rings. The molecule has 22 heavy (non-hydrogen) atoms. The standard InChI is InChI=1S/C13H12BrClN2O.CH4N2O/c1-16-12-4-2-3-11(14)10(12)8-18-13-7-9(15)5-6-17-13;2-3-1-4/h2-7,16H,8H2,1H3;1H,2H2,(H,3,4). The Labute approximate surface area is 142 Å². The molecule has 2 rings (SSSR count). The van der Waals surface area contributed by atoms with Gasteiger partial charge in [0.15, 0.2) is 0 Å². The molecule has 6 nitrogen and oxygen atoms in total. The zero-order chi connectivity index (χ0) is 16.4. The molecule has 118 valence electrons. The molecule has 0 saturated carbocycles. The van der Waals surface area contributed by atoms with Gasteiger partial charge in [-0.1, -0.05) is 33.6 Å². The quantitative estimate of drug-likeness (QED) is 0.318. The molecule has 0 radical (unpaired) electrons. The summed E-state index contributed by atoms with van der Waals surface area (Å²) in [6.45, 7) is 0.422. The van der Waals surface area contributed by atoms with Crippen molar-refractivity contribution in [3.63, 3.8) is 0 Å². The van der Waals surface area contributed by atoms with Gasteiger partial charge in [-0.05, 0) is 18.2 Å². The van der Waals surface area contributed by atoms with Gasteiger partial charge in [0.05, 0.1) is 0 Å². The van der Waals surface area contributed by atoms with Gasteiger partial charge < -0.3 is 10.1 Å². The molecule has 1 aromatic heterocycles. The molecule has 1 heterocycles. The van der Waals surface area contributed by atoms with Crippen LogP contribution in [0.4, 0.5) is 5.69 Å². The average Bonchev–Trinajstić information content (AvgIpc) is 2.53. The highest BCUT2D eigenvalue weighted by molar-refractivity contribution is 9.10. The summed E-state index contributed by atoms with van der Waals surface area (Å²) >= 11 is 9.38. The summed E-state index contributed by atoms with van der Waals surface area (Å²) < 4.78 is 6.63. The minimum absolute atomic E-state index is 0.403. The molecule has 0 aliphatic rings. The van der Waals surface area contributed by atoms with Gasteiger partial charge in [0, 0.05) is 40.1 Å². The second kappa shape index (κ2) is 9.99. The number of aromatic nitrogens is 1. The Balaban J connectivity index is 0.000000541. The van der Waals surface area contributed by atoms with Crippen LogP contribution in [0, 0.1) is 0 Å². The number of carbonyl (C=O) groups excluding carboxylic acids is 1. The lowest BCUT2D eigenvalue weighted by Crippen LogP contribution is -2.18. The summed E-state index contributed by atoms with van der Waals surface area (Å²) in [5.74, 6) is 4.92. The monoisotopic (exact) mass is 386 g/mol. The van der Waals surface area contributed by atoms with Gasteiger partial charge in [0.2, 0.25) is 12.3 Å². The van der Waals surface area contributed by atoms with Crippen molar-refractivity contribution in [2.24, 2.45) is 5.84 Å². The third-order valence-corrected chi connectivity index (χ3v) is 3.50. The number of carbonyl (C=O) groups is 1. The molecular formula is C14H16BrClN4O2. The van der Waals surface area contributed by atoms with Crippen LogP contribution in [0.3, 0.4) is 0 Å². The number of nitrogens with one attached hydrogen (secondary N) is 2. The van der Waals surface area contributed by atoms with E-state index in [1.54, 1.807) is 23.8 Å². The van der Waals surface area contributed by atoms with Crippen molar-refractivity contribution in [2.45, 2.75) is 6.61 Å². The Kier molecular flexibility index (Phi) is 8.27. The first-order valence-corrected chi connectivity index (χ1v) is 7.38. The number of rotatable bonds is 5. The highest BCUT2D eigenvalue weighted by Crippen LogP contribution is 2.26. The number of amides is 1. The van der Waals surface area contributed by atoms with E-state index < -0.39 is 0 Å². The van der Waals surface area contributed by atoms with E-state index in [1.807, 2.05) is 25.2 Å². The fraction of sp³-hybridized carbons (Fsp3) is 0.143. The lowest BCUT2D eigenvalue weighted by molar-refractivity contribution is -0.109. The molecule has 0 atom stereocenters. The zero-order valence-electron chi connectivity index (χ0n) is 11.8. The first-order chi connectivity index (χ1) is 10.6. The van der Waals surface area contributed by atoms with E-state index in [1.165, 1.54) is 0 Å². The Morgan fingerprint density at radius 1 is 1.45 bits per heavy atom. The molecular weight excluding hydrogens is 372 g/mol. The Morgan fingerprint density at radius 2 is 2.18 bits per heavy atom. The van der Waals surface area contributed by atoms with Gasteiger partial charge in [-0.2, -0.15) is 0 Å². The van der Waals surface area contributed by atoms with Crippen molar-refractivity contribution < 1.29 is 9.53 Å². The predicted octanol–water partition coefficient (Wildman–Crippen LogP) is 2.72. The molecule has 0 aliphatic carbocycles. The van der Waals surface area contributed by atoms with Crippen molar-refractivity contribution >= 4 is 39.6 Å². The van der Waals surface area contributed by atoms with Crippen LogP contribution < -0.4 is 21.3 Å². The number of halogens is 2. The van der Waals surface area contributed by atoms with Crippen LogP contribution in [0.1, 0.15) is 5.56 Å². The number of nitrogens with zero attached hydrogens (tertiary/aromatic N) is 1.